The molecule has 0 saturated carbocycles. The Balaban J connectivity index is 1.99. The average molecular weight is 288 g/mol. The van der Waals surface area contributed by atoms with Crippen LogP contribution in [0, 0.1) is 6.92 Å². The molecule has 0 unspecified atom stereocenters. The topological polar surface area (TPSA) is 47.8 Å². The Kier molecular flexibility index (Phi) is 3.86. The van der Waals surface area contributed by atoms with Crippen molar-refractivity contribution in [1.82, 2.24) is 14.8 Å². The van der Waals surface area contributed by atoms with E-state index in [0.29, 0.717) is 15.0 Å². The number of halogens is 1. The molecule has 17 heavy (non-hydrogen) atoms. The first-order valence-electron chi connectivity index (χ1n) is 4.85. The maximum atomic E-state index is 11.8. The van der Waals surface area contributed by atoms with Crippen LogP contribution in [0.25, 0.3) is 0 Å². The number of carbonyl (C=O) groups excluding carboxylic acids is 1. The van der Waals surface area contributed by atoms with E-state index in [2.05, 4.69) is 10.2 Å². The second-order valence-electron chi connectivity index (χ2n) is 3.40. The molecule has 0 radical (unpaired) electrons. The Morgan fingerprint density at radius 3 is 2.82 bits per heavy atom. The molecule has 0 N–H and O–H groups in total. The number of ketones is 1. The van der Waals surface area contributed by atoms with Gasteiger partial charge < -0.3 is 4.57 Å². The molecule has 90 valence electrons. The number of hydrogen-bond donors (Lipinski definition) is 0. The highest BCUT2D eigenvalue weighted by Crippen LogP contribution is 2.24. The average Bonchev–Trinajstić information content (AvgIpc) is 2.86. The Labute approximate surface area is 112 Å². The second kappa shape index (κ2) is 5.20. The summed E-state index contributed by atoms with van der Waals surface area (Å²) < 4.78 is 2.49. The van der Waals surface area contributed by atoms with Crippen molar-refractivity contribution in [2.45, 2.75) is 12.1 Å². The largest absolute Gasteiger partial charge is 0.309 e. The third-order valence-electron chi connectivity index (χ3n) is 2.23. The van der Waals surface area contributed by atoms with Crippen LogP contribution < -0.4 is 0 Å². The first-order chi connectivity index (χ1) is 8.08. The van der Waals surface area contributed by atoms with Crippen molar-refractivity contribution in [3.8, 4) is 0 Å². The highest BCUT2D eigenvalue weighted by molar-refractivity contribution is 7.99. The van der Waals surface area contributed by atoms with Crippen LogP contribution in [-0.4, -0.2) is 26.3 Å². The van der Waals surface area contributed by atoms with Crippen molar-refractivity contribution in [1.29, 1.82) is 0 Å². The molecule has 0 aliphatic carbocycles. The van der Waals surface area contributed by atoms with Gasteiger partial charge in [0.25, 0.3) is 0 Å². The van der Waals surface area contributed by atoms with Crippen molar-refractivity contribution >= 4 is 40.5 Å². The summed E-state index contributed by atoms with van der Waals surface area (Å²) in [7, 11) is 1.88. The molecule has 0 atom stereocenters. The molecule has 7 heteroatoms. The lowest BCUT2D eigenvalue weighted by Gasteiger charge is -1.99. The summed E-state index contributed by atoms with van der Waals surface area (Å²) in [4.78, 5) is 12.5. The van der Waals surface area contributed by atoms with E-state index in [1.807, 2.05) is 18.5 Å². The molecular weight excluding hydrogens is 278 g/mol. The predicted octanol–water partition coefficient (Wildman–Crippen LogP) is 2.81. The smallest absolute Gasteiger partial charge is 0.191 e. The van der Waals surface area contributed by atoms with Crippen LogP contribution >= 0.6 is 34.7 Å². The van der Waals surface area contributed by atoms with Gasteiger partial charge in [-0.05, 0) is 19.1 Å². The van der Waals surface area contributed by atoms with Gasteiger partial charge in [-0.3, -0.25) is 4.79 Å². The minimum Gasteiger partial charge on any atom is -0.309 e. The van der Waals surface area contributed by atoms with E-state index in [9.17, 15) is 4.79 Å². The normalized spacial score (nSPS) is 10.8. The Morgan fingerprint density at radius 2 is 2.29 bits per heavy atom. The van der Waals surface area contributed by atoms with E-state index >= 15 is 0 Å². The molecule has 0 bridgehead atoms. The van der Waals surface area contributed by atoms with Crippen LogP contribution in [0.4, 0.5) is 0 Å². The maximum Gasteiger partial charge on any atom is 0.191 e. The third-order valence-corrected chi connectivity index (χ3v) is 4.53. The van der Waals surface area contributed by atoms with Crippen LogP contribution in [-0.2, 0) is 7.05 Å². The number of aromatic nitrogens is 3. The fourth-order valence-corrected chi connectivity index (χ4v) is 3.09. The molecule has 0 amide bonds. The van der Waals surface area contributed by atoms with Crippen LogP contribution in [0.5, 0.6) is 0 Å². The first-order valence-corrected chi connectivity index (χ1v) is 7.03. The van der Waals surface area contributed by atoms with Gasteiger partial charge in [-0.1, -0.05) is 23.4 Å². The molecule has 0 aliphatic heterocycles. The van der Waals surface area contributed by atoms with Gasteiger partial charge in [0.05, 0.1) is 15.0 Å². The Hall–Kier alpha value is -0.850. The first kappa shape index (κ1) is 12.6. The van der Waals surface area contributed by atoms with Gasteiger partial charge in [-0.2, -0.15) is 0 Å². The highest BCUT2D eigenvalue weighted by Gasteiger charge is 2.12. The summed E-state index contributed by atoms with van der Waals surface area (Å²) in [6, 6.07) is 3.48. The lowest BCUT2D eigenvalue weighted by atomic mass is 10.4. The van der Waals surface area contributed by atoms with Gasteiger partial charge in [-0.25, -0.2) is 0 Å². The lowest BCUT2D eigenvalue weighted by Crippen LogP contribution is -2.01. The zero-order chi connectivity index (χ0) is 12.4. The highest BCUT2D eigenvalue weighted by atomic mass is 35.5. The van der Waals surface area contributed by atoms with Crippen molar-refractivity contribution in [2.75, 3.05) is 5.75 Å². The number of thioether (sulfide) groups is 1. The molecule has 4 nitrogen and oxygen atoms in total. The van der Waals surface area contributed by atoms with Crippen molar-refractivity contribution in [3.63, 3.8) is 0 Å². The van der Waals surface area contributed by atoms with Crippen LogP contribution in [0.3, 0.4) is 0 Å². The molecule has 2 aromatic rings. The van der Waals surface area contributed by atoms with E-state index in [1.54, 1.807) is 12.1 Å². The number of Topliss-reactive ketones (excluding diaryl/α,β-unsaturated/α-hetero) is 1. The van der Waals surface area contributed by atoms with Gasteiger partial charge >= 0.3 is 0 Å². The molecule has 2 rings (SSSR count). The number of nitrogens with zero attached hydrogens (tertiary/aromatic N) is 3. The predicted molar refractivity (Wildman–Crippen MR) is 70.1 cm³/mol. The molecule has 0 aliphatic rings. The molecule has 0 fully saturated rings. The number of thiophene rings is 1. The van der Waals surface area contributed by atoms with E-state index in [0.717, 1.165) is 11.0 Å². The van der Waals surface area contributed by atoms with E-state index in [-0.39, 0.29) is 5.78 Å². The van der Waals surface area contributed by atoms with Crippen molar-refractivity contribution in [2.24, 2.45) is 7.05 Å². The molecule has 0 aromatic carbocycles. The molecular formula is C10H10ClN3OS2. The van der Waals surface area contributed by atoms with E-state index in [4.69, 9.17) is 11.6 Å². The summed E-state index contributed by atoms with van der Waals surface area (Å²) in [5.74, 6) is 1.25. The standard InChI is InChI=1S/C10H10ClN3OS2/c1-6-12-13-10(14(6)2)16-5-7(15)8-3-4-9(11)17-8/h3-4H,5H2,1-2H3. The van der Waals surface area contributed by atoms with Crippen molar-refractivity contribution in [3.05, 3.63) is 27.2 Å². The SMILES string of the molecule is Cc1nnc(SCC(=O)c2ccc(Cl)s2)n1C. The molecule has 2 aromatic heterocycles. The number of aryl methyl sites for hydroxylation is 1. The quantitative estimate of drug-likeness (QED) is 0.641. The van der Waals surface area contributed by atoms with Gasteiger partial charge in [0.2, 0.25) is 0 Å². The summed E-state index contributed by atoms with van der Waals surface area (Å²) >= 11 is 8.47. The lowest BCUT2D eigenvalue weighted by molar-refractivity contribution is 0.102. The van der Waals surface area contributed by atoms with Gasteiger partial charge in [0.1, 0.15) is 5.82 Å². The molecule has 0 spiro atoms. The zero-order valence-corrected chi connectivity index (χ0v) is 11.7. The number of carbonyl (C=O) groups is 1. The van der Waals surface area contributed by atoms with E-state index < -0.39 is 0 Å². The fraction of sp³-hybridized carbons (Fsp3) is 0.300. The minimum atomic E-state index is 0.0625. The maximum absolute atomic E-state index is 11.8. The second-order valence-corrected chi connectivity index (χ2v) is 6.06. The number of hydrogen-bond acceptors (Lipinski definition) is 5. The zero-order valence-electron chi connectivity index (χ0n) is 9.31. The molecule has 2 heterocycles. The summed E-state index contributed by atoms with van der Waals surface area (Å²) in [6.45, 7) is 1.87. The summed E-state index contributed by atoms with van der Waals surface area (Å²) in [6.07, 6.45) is 0. The Morgan fingerprint density at radius 1 is 1.53 bits per heavy atom. The van der Waals surface area contributed by atoms with Crippen LogP contribution in [0.1, 0.15) is 15.5 Å². The van der Waals surface area contributed by atoms with Crippen LogP contribution in [0.15, 0.2) is 17.3 Å². The van der Waals surface area contributed by atoms with Gasteiger partial charge in [0.15, 0.2) is 10.9 Å². The monoisotopic (exact) mass is 287 g/mol. The number of rotatable bonds is 4. The van der Waals surface area contributed by atoms with Gasteiger partial charge in [-0.15, -0.1) is 21.5 Å². The van der Waals surface area contributed by atoms with Crippen molar-refractivity contribution < 1.29 is 4.79 Å². The molecule has 0 saturated heterocycles. The third kappa shape index (κ3) is 2.88. The Bertz CT molecular complexity index is 549. The minimum absolute atomic E-state index is 0.0625. The van der Waals surface area contributed by atoms with E-state index in [1.165, 1.54) is 23.1 Å². The fourth-order valence-electron chi connectivity index (χ4n) is 1.18. The van der Waals surface area contributed by atoms with Gasteiger partial charge in [0, 0.05) is 7.05 Å². The summed E-state index contributed by atoms with van der Waals surface area (Å²) in [5.41, 5.74) is 0. The summed E-state index contributed by atoms with van der Waals surface area (Å²) in [5, 5.41) is 8.67. The van der Waals surface area contributed by atoms with Crippen LogP contribution in [0.2, 0.25) is 4.34 Å².